The second kappa shape index (κ2) is 5.76. The molecule has 0 aliphatic carbocycles. The third-order valence-corrected chi connectivity index (χ3v) is 3.22. The first-order valence-electron chi connectivity index (χ1n) is 6.20. The van der Waals surface area contributed by atoms with E-state index in [2.05, 4.69) is 15.0 Å². The zero-order chi connectivity index (χ0) is 15.7. The second-order valence-corrected chi connectivity index (χ2v) is 4.78. The summed E-state index contributed by atoms with van der Waals surface area (Å²) in [6, 6.07) is 0. The summed E-state index contributed by atoms with van der Waals surface area (Å²) >= 11 is 0. The topological polar surface area (TPSA) is 150 Å². The van der Waals surface area contributed by atoms with Gasteiger partial charge in [-0.1, -0.05) is 6.92 Å². The van der Waals surface area contributed by atoms with Crippen LogP contribution < -0.4 is 11.3 Å². The maximum Gasteiger partial charge on any atom is 0.280 e. The number of hydrogen-bond donors (Lipinski definition) is 5. The molecule has 9 nitrogen and oxygen atoms in total. The quantitative estimate of drug-likeness (QED) is 0.452. The number of hydrogen-bond acceptors (Lipinski definition) is 7. The monoisotopic (exact) mass is 300 g/mol. The highest BCUT2D eigenvalue weighted by atomic mass is 18.2. The zero-order valence-corrected chi connectivity index (χ0v) is 11.1. The van der Waals surface area contributed by atoms with Crippen molar-refractivity contribution in [3.8, 4) is 0 Å². The van der Waals surface area contributed by atoms with Crippen molar-refractivity contribution in [3.63, 3.8) is 0 Å². The van der Waals surface area contributed by atoms with Gasteiger partial charge in [-0.05, 0) is 0 Å². The van der Waals surface area contributed by atoms with Crippen LogP contribution in [0.15, 0.2) is 11.1 Å². The smallest absolute Gasteiger partial charge is 0.280 e. The number of H-pyrrole nitrogens is 1. The Morgan fingerprint density at radius 2 is 2.19 bits per heavy atom. The maximum absolute atomic E-state index is 14.1. The molecule has 0 saturated carbocycles. The second-order valence-electron chi connectivity index (χ2n) is 4.78. The first-order chi connectivity index (χ1) is 9.86. The van der Waals surface area contributed by atoms with Crippen molar-refractivity contribution in [1.29, 1.82) is 0 Å². The van der Waals surface area contributed by atoms with Gasteiger partial charge in [0.2, 0.25) is 5.95 Å². The summed E-state index contributed by atoms with van der Waals surface area (Å²) in [5, 5.41) is 28.6. The zero-order valence-electron chi connectivity index (χ0n) is 11.1. The van der Waals surface area contributed by atoms with Crippen molar-refractivity contribution in [2.75, 3.05) is 12.3 Å². The van der Waals surface area contributed by atoms with Crippen molar-refractivity contribution in [2.45, 2.75) is 25.4 Å². The van der Waals surface area contributed by atoms with Gasteiger partial charge in [-0.15, -0.1) is 0 Å². The average Bonchev–Trinajstić information content (AvgIpc) is 2.87. The molecule has 0 aromatic carbocycles. The van der Waals surface area contributed by atoms with Gasteiger partial charge in [0.15, 0.2) is 23.6 Å². The van der Waals surface area contributed by atoms with E-state index in [1.165, 1.54) is 6.92 Å². The number of nitrogen functional groups attached to an aromatic ring is 1. The molecule has 2 rings (SSSR count). The summed E-state index contributed by atoms with van der Waals surface area (Å²) in [6.07, 6.45) is -4.50. The van der Waals surface area contributed by atoms with Gasteiger partial charge in [0.05, 0.1) is 12.4 Å². The number of imidazole rings is 1. The fourth-order valence-electron chi connectivity index (χ4n) is 1.89. The van der Waals surface area contributed by atoms with Gasteiger partial charge >= 0.3 is 0 Å². The summed E-state index contributed by atoms with van der Waals surface area (Å²) in [6.45, 7) is 0.987. The Morgan fingerprint density at radius 1 is 1.52 bits per heavy atom. The molecule has 4 atom stereocenters. The van der Waals surface area contributed by atoms with Crippen molar-refractivity contribution in [1.82, 2.24) is 19.5 Å². The molecule has 0 bridgehead atoms. The number of aromatic amines is 1. The van der Waals surface area contributed by atoms with Crippen LogP contribution in [-0.4, -0.2) is 53.7 Å². The van der Waals surface area contributed by atoms with Crippen molar-refractivity contribution in [2.24, 2.45) is 5.92 Å². The Kier molecular flexibility index (Phi) is 4.21. The number of rotatable bonds is 5. The van der Waals surface area contributed by atoms with Crippen LogP contribution in [0.1, 0.15) is 13.2 Å². The van der Waals surface area contributed by atoms with Crippen LogP contribution in [0, 0.1) is 5.92 Å². The predicted molar refractivity (Wildman–Crippen MR) is 71.0 cm³/mol. The molecule has 2 aromatic heterocycles. The standard InChI is InChI=1S/C11H16FN5O4/c1-4(2-18)7(19)5(12)10(21)17-3-14-6-8(17)15-11(13)16-9(6)20/h3-5,7,10,18-19,21H,2H2,1H3,(H3,13,15,16,20)/i12-1. The van der Waals surface area contributed by atoms with Crippen LogP contribution in [0.3, 0.4) is 0 Å². The number of halogens is 1. The van der Waals surface area contributed by atoms with E-state index in [4.69, 9.17) is 10.8 Å². The fourth-order valence-corrected chi connectivity index (χ4v) is 1.89. The fraction of sp³-hybridized carbons (Fsp3) is 0.545. The van der Waals surface area contributed by atoms with Gasteiger partial charge in [0.1, 0.15) is 0 Å². The van der Waals surface area contributed by atoms with E-state index < -0.39 is 36.6 Å². The highest BCUT2D eigenvalue weighted by Gasteiger charge is 2.32. The molecule has 6 N–H and O–H groups in total. The van der Waals surface area contributed by atoms with E-state index in [0.29, 0.717) is 0 Å². The number of alkyl halides is 1. The van der Waals surface area contributed by atoms with E-state index in [1.807, 2.05) is 0 Å². The predicted octanol–water partition coefficient (Wildman–Crippen LogP) is -1.48. The molecule has 0 spiro atoms. The largest absolute Gasteiger partial charge is 0.396 e. The number of fused-ring (bicyclic) bond motifs is 1. The lowest BCUT2D eigenvalue weighted by molar-refractivity contribution is -0.0711. The van der Waals surface area contributed by atoms with E-state index in [0.717, 1.165) is 10.9 Å². The lowest BCUT2D eigenvalue weighted by Crippen LogP contribution is -2.37. The van der Waals surface area contributed by atoms with Crippen LogP contribution in [0.5, 0.6) is 0 Å². The first-order valence-corrected chi connectivity index (χ1v) is 6.20. The molecular weight excluding hydrogens is 284 g/mol. The Bertz CT molecular complexity index is 687. The van der Waals surface area contributed by atoms with Crippen molar-refractivity contribution < 1.29 is 19.7 Å². The summed E-state index contributed by atoms with van der Waals surface area (Å²) in [5.74, 6) is -0.980. The van der Waals surface area contributed by atoms with Crippen LogP contribution in [0.25, 0.3) is 11.2 Å². The third kappa shape index (κ3) is 2.73. The van der Waals surface area contributed by atoms with Crippen LogP contribution in [-0.2, 0) is 0 Å². The Morgan fingerprint density at radius 3 is 2.81 bits per heavy atom. The van der Waals surface area contributed by atoms with E-state index in [-0.39, 0.29) is 17.1 Å². The number of nitrogens with one attached hydrogen (secondary N) is 1. The number of aromatic nitrogens is 4. The Balaban J connectivity index is 2.40. The highest BCUT2D eigenvalue weighted by molar-refractivity contribution is 5.70. The molecule has 2 heterocycles. The minimum absolute atomic E-state index is 0.102. The van der Waals surface area contributed by atoms with Gasteiger partial charge in [0, 0.05) is 12.5 Å². The number of nitrogens with zero attached hydrogens (tertiary/aromatic N) is 3. The van der Waals surface area contributed by atoms with E-state index in [9.17, 15) is 19.4 Å². The minimum atomic E-state index is -2.10. The van der Waals surface area contributed by atoms with Gasteiger partial charge < -0.3 is 21.1 Å². The number of anilines is 1. The Labute approximate surface area is 117 Å². The maximum atomic E-state index is 14.1. The lowest BCUT2D eigenvalue weighted by Gasteiger charge is -2.25. The van der Waals surface area contributed by atoms with Crippen molar-refractivity contribution in [3.05, 3.63) is 16.7 Å². The van der Waals surface area contributed by atoms with Crippen LogP contribution in [0.4, 0.5) is 10.3 Å². The number of aliphatic hydroxyl groups excluding tert-OH is 3. The molecule has 0 amide bonds. The molecule has 21 heavy (non-hydrogen) atoms. The SMILES string of the molecule is CC(CO)C(O)C([18F])C(O)n1cnc2c(=O)[nH]c(N)nc21. The molecule has 4 unspecified atom stereocenters. The molecule has 0 fully saturated rings. The summed E-state index contributed by atoms with van der Waals surface area (Å²) < 4.78 is 15.0. The summed E-state index contributed by atoms with van der Waals surface area (Å²) in [7, 11) is 0. The van der Waals surface area contributed by atoms with Gasteiger partial charge in [-0.3, -0.25) is 14.3 Å². The van der Waals surface area contributed by atoms with E-state index in [1.54, 1.807) is 0 Å². The molecule has 10 heteroatoms. The minimum Gasteiger partial charge on any atom is -0.396 e. The molecule has 0 aliphatic rings. The Hall–Kier alpha value is -2.04. The average molecular weight is 300 g/mol. The summed E-state index contributed by atoms with van der Waals surface area (Å²) in [5.41, 5.74) is 4.56. The van der Waals surface area contributed by atoms with E-state index >= 15 is 0 Å². The summed E-state index contributed by atoms with van der Waals surface area (Å²) in [4.78, 5) is 21.3. The van der Waals surface area contributed by atoms with Crippen molar-refractivity contribution >= 4 is 17.1 Å². The molecular formula is C11H16FN5O4. The molecule has 116 valence electrons. The molecule has 0 aliphatic heterocycles. The highest BCUT2D eigenvalue weighted by Crippen LogP contribution is 2.22. The first kappa shape index (κ1) is 15.4. The van der Waals surface area contributed by atoms with Gasteiger partial charge in [-0.2, -0.15) is 4.98 Å². The third-order valence-electron chi connectivity index (χ3n) is 3.22. The van der Waals surface area contributed by atoms with Crippen LogP contribution in [0.2, 0.25) is 0 Å². The number of nitrogens with two attached hydrogens (primary N) is 1. The van der Waals surface area contributed by atoms with Crippen LogP contribution >= 0.6 is 0 Å². The molecule has 0 saturated heterocycles. The van der Waals surface area contributed by atoms with Gasteiger partial charge in [-0.25, -0.2) is 9.37 Å². The normalized spacial score (nSPS) is 17.6. The lowest BCUT2D eigenvalue weighted by atomic mass is 10.0. The number of aliphatic hydroxyl groups is 3. The van der Waals surface area contributed by atoms with Gasteiger partial charge in [0.25, 0.3) is 5.56 Å². The molecule has 0 radical (unpaired) electrons. The molecule has 2 aromatic rings.